The summed E-state index contributed by atoms with van der Waals surface area (Å²) < 4.78 is 13.5. The van der Waals surface area contributed by atoms with E-state index in [0.717, 1.165) is 11.1 Å². The maximum absolute atomic E-state index is 13.5. The Kier molecular flexibility index (Phi) is 2.84. The van der Waals surface area contributed by atoms with E-state index >= 15 is 0 Å². The van der Waals surface area contributed by atoms with Crippen LogP contribution in [0.2, 0.25) is 0 Å². The quantitative estimate of drug-likeness (QED) is 0.826. The molecule has 0 saturated heterocycles. The first-order valence-corrected chi connectivity index (χ1v) is 5.59. The Morgan fingerprint density at radius 2 is 2.13 bits per heavy atom. The molecular formula is C12H11FOS. The summed E-state index contributed by atoms with van der Waals surface area (Å²) in [5.41, 5.74) is 2.03. The SMILES string of the molecule is Cc1ccc(F)c(C(O)c2ccsc2)c1. The lowest BCUT2D eigenvalue weighted by molar-refractivity contribution is 0.215. The molecule has 0 aliphatic rings. The Morgan fingerprint density at radius 3 is 2.80 bits per heavy atom. The van der Waals surface area contributed by atoms with E-state index in [-0.39, 0.29) is 5.82 Å². The van der Waals surface area contributed by atoms with E-state index < -0.39 is 6.10 Å². The summed E-state index contributed by atoms with van der Waals surface area (Å²) in [4.78, 5) is 0. The first kappa shape index (κ1) is 10.3. The van der Waals surface area contributed by atoms with Crippen molar-refractivity contribution in [2.24, 2.45) is 0 Å². The predicted molar refractivity (Wildman–Crippen MR) is 59.5 cm³/mol. The smallest absolute Gasteiger partial charge is 0.129 e. The van der Waals surface area contributed by atoms with Crippen molar-refractivity contribution in [3.8, 4) is 0 Å². The molecule has 0 saturated carbocycles. The molecule has 0 bridgehead atoms. The van der Waals surface area contributed by atoms with Gasteiger partial charge in [0.25, 0.3) is 0 Å². The average Bonchev–Trinajstić information content (AvgIpc) is 2.74. The van der Waals surface area contributed by atoms with E-state index in [1.807, 2.05) is 17.7 Å². The van der Waals surface area contributed by atoms with Crippen molar-refractivity contribution < 1.29 is 9.50 Å². The van der Waals surface area contributed by atoms with Gasteiger partial charge >= 0.3 is 0 Å². The number of aryl methyl sites for hydroxylation is 1. The van der Waals surface area contributed by atoms with Gasteiger partial charge in [0.1, 0.15) is 11.9 Å². The molecule has 0 aliphatic carbocycles. The van der Waals surface area contributed by atoms with E-state index in [0.29, 0.717) is 5.56 Å². The zero-order valence-electron chi connectivity index (χ0n) is 8.27. The minimum absolute atomic E-state index is 0.341. The number of hydrogen-bond donors (Lipinski definition) is 1. The Morgan fingerprint density at radius 1 is 1.33 bits per heavy atom. The van der Waals surface area contributed by atoms with Crippen molar-refractivity contribution in [2.75, 3.05) is 0 Å². The largest absolute Gasteiger partial charge is 0.384 e. The normalized spacial score (nSPS) is 12.7. The second-order valence-corrected chi connectivity index (χ2v) is 4.26. The monoisotopic (exact) mass is 222 g/mol. The third kappa shape index (κ3) is 2.08. The summed E-state index contributed by atoms with van der Waals surface area (Å²) in [6.45, 7) is 1.88. The highest BCUT2D eigenvalue weighted by molar-refractivity contribution is 7.07. The molecule has 1 N–H and O–H groups in total. The van der Waals surface area contributed by atoms with Crippen LogP contribution in [0, 0.1) is 12.7 Å². The number of hydrogen-bond acceptors (Lipinski definition) is 2. The van der Waals surface area contributed by atoms with E-state index in [4.69, 9.17) is 0 Å². The summed E-state index contributed by atoms with van der Waals surface area (Å²) in [6.07, 6.45) is -0.865. The number of benzene rings is 1. The van der Waals surface area contributed by atoms with Crippen LogP contribution >= 0.6 is 11.3 Å². The fourth-order valence-electron chi connectivity index (χ4n) is 1.48. The van der Waals surface area contributed by atoms with Crippen molar-refractivity contribution >= 4 is 11.3 Å². The lowest BCUT2D eigenvalue weighted by Gasteiger charge is -2.11. The second kappa shape index (κ2) is 4.13. The molecule has 78 valence electrons. The molecule has 0 spiro atoms. The van der Waals surface area contributed by atoms with Crippen molar-refractivity contribution in [3.05, 3.63) is 57.5 Å². The van der Waals surface area contributed by atoms with E-state index in [1.165, 1.54) is 17.4 Å². The molecule has 2 rings (SSSR count). The molecule has 0 fully saturated rings. The Labute approximate surface area is 91.8 Å². The molecule has 1 atom stereocenters. The molecule has 1 heterocycles. The zero-order valence-corrected chi connectivity index (χ0v) is 9.09. The van der Waals surface area contributed by atoms with Gasteiger partial charge in [0.05, 0.1) is 0 Å². The maximum Gasteiger partial charge on any atom is 0.129 e. The Balaban J connectivity index is 2.41. The van der Waals surface area contributed by atoms with E-state index in [9.17, 15) is 9.50 Å². The van der Waals surface area contributed by atoms with Gasteiger partial charge in [-0.1, -0.05) is 17.7 Å². The highest BCUT2D eigenvalue weighted by atomic mass is 32.1. The predicted octanol–water partition coefficient (Wildman–Crippen LogP) is 3.28. The Bertz CT molecular complexity index is 451. The second-order valence-electron chi connectivity index (χ2n) is 3.48. The van der Waals surface area contributed by atoms with Crippen molar-refractivity contribution in [2.45, 2.75) is 13.0 Å². The van der Waals surface area contributed by atoms with Gasteiger partial charge in [-0.15, -0.1) is 0 Å². The van der Waals surface area contributed by atoms with Gasteiger partial charge in [0, 0.05) is 5.56 Å². The molecule has 15 heavy (non-hydrogen) atoms. The van der Waals surface area contributed by atoms with Crippen LogP contribution in [0.1, 0.15) is 22.8 Å². The molecule has 0 radical (unpaired) electrons. The first-order chi connectivity index (χ1) is 7.18. The van der Waals surface area contributed by atoms with Crippen molar-refractivity contribution in [3.63, 3.8) is 0 Å². The molecule has 0 aliphatic heterocycles. The van der Waals surface area contributed by atoms with Crippen LogP contribution in [0.15, 0.2) is 35.0 Å². The molecular weight excluding hydrogens is 211 g/mol. The minimum atomic E-state index is -0.865. The number of aliphatic hydroxyl groups excluding tert-OH is 1. The Hall–Kier alpha value is -1.19. The highest BCUT2D eigenvalue weighted by Crippen LogP contribution is 2.26. The third-order valence-corrected chi connectivity index (χ3v) is 3.01. The van der Waals surface area contributed by atoms with Crippen LogP contribution in [0.4, 0.5) is 4.39 Å². The molecule has 3 heteroatoms. The fraction of sp³-hybridized carbons (Fsp3) is 0.167. The molecule has 1 aromatic heterocycles. The van der Waals surface area contributed by atoms with Gasteiger partial charge in [0.15, 0.2) is 0 Å². The molecule has 0 amide bonds. The lowest BCUT2D eigenvalue weighted by atomic mass is 10.0. The van der Waals surface area contributed by atoms with E-state index in [2.05, 4.69) is 0 Å². The van der Waals surface area contributed by atoms with Crippen LogP contribution in [-0.4, -0.2) is 5.11 Å². The molecule has 1 nitrogen and oxygen atoms in total. The van der Waals surface area contributed by atoms with Crippen molar-refractivity contribution in [1.82, 2.24) is 0 Å². The molecule has 1 unspecified atom stereocenters. The molecule has 2 aromatic rings. The highest BCUT2D eigenvalue weighted by Gasteiger charge is 2.15. The van der Waals surface area contributed by atoms with Gasteiger partial charge in [-0.3, -0.25) is 0 Å². The first-order valence-electron chi connectivity index (χ1n) is 4.64. The fourth-order valence-corrected chi connectivity index (χ4v) is 2.16. The summed E-state index contributed by atoms with van der Waals surface area (Å²) in [7, 11) is 0. The molecule has 1 aromatic carbocycles. The van der Waals surface area contributed by atoms with Crippen LogP contribution in [0.3, 0.4) is 0 Å². The lowest BCUT2D eigenvalue weighted by Crippen LogP contribution is -2.01. The van der Waals surface area contributed by atoms with E-state index in [1.54, 1.807) is 18.2 Å². The van der Waals surface area contributed by atoms with Crippen molar-refractivity contribution in [1.29, 1.82) is 0 Å². The third-order valence-electron chi connectivity index (χ3n) is 2.31. The topological polar surface area (TPSA) is 20.2 Å². The maximum atomic E-state index is 13.5. The average molecular weight is 222 g/mol. The summed E-state index contributed by atoms with van der Waals surface area (Å²) in [5.74, 6) is -0.362. The van der Waals surface area contributed by atoms with Gasteiger partial charge in [-0.25, -0.2) is 4.39 Å². The van der Waals surface area contributed by atoms with Gasteiger partial charge in [0.2, 0.25) is 0 Å². The number of rotatable bonds is 2. The number of aliphatic hydroxyl groups is 1. The minimum Gasteiger partial charge on any atom is -0.384 e. The summed E-state index contributed by atoms with van der Waals surface area (Å²) in [5, 5.41) is 13.6. The van der Waals surface area contributed by atoms with Crippen LogP contribution in [0.25, 0.3) is 0 Å². The summed E-state index contributed by atoms with van der Waals surface area (Å²) >= 11 is 1.49. The standard InChI is InChI=1S/C12H11FOS/c1-8-2-3-11(13)10(6-8)12(14)9-4-5-15-7-9/h2-7,12,14H,1H3. The van der Waals surface area contributed by atoms with Gasteiger partial charge < -0.3 is 5.11 Å². The van der Waals surface area contributed by atoms with Crippen LogP contribution < -0.4 is 0 Å². The van der Waals surface area contributed by atoms with Gasteiger partial charge in [-0.2, -0.15) is 11.3 Å². The van der Waals surface area contributed by atoms with Crippen LogP contribution in [0.5, 0.6) is 0 Å². The zero-order chi connectivity index (χ0) is 10.8. The van der Waals surface area contributed by atoms with Gasteiger partial charge in [-0.05, 0) is 35.4 Å². The number of thiophene rings is 1. The number of halogens is 1. The van der Waals surface area contributed by atoms with Crippen LogP contribution in [-0.2, 0) is 0 Å². The summed E-state index contributed by atoms with van der Waals surface area (Å²) in [6, 6.07) is 6.56.